The van der Waals surface area contributed by atoms with Crippen LogP contribution < -0.4 is 10.0 Å². The van der Waals surface area contributed by atoms with Gasteiger partial charge in [0.05, 0.1) is 10.6 Å². The Bertz CT molecular complexity index is 1150. The summed E-state index contributed by atoms with van der Waals surface area (Å²) in [7, 11) is -3.86. The van der Waals surface area contributed by atoms with E-state index >= 15 is 0 Å². The molecular formula is C20H18FN3O4S. The van der Waals surface area contributed by atoms with Crippen LogP contribution in [0.25, 0.3) is 6.08 Å². The number of aromatic nitrogens is 1. The number of benzene rings is 2. The number of anilines is 2. The molecule has 0 spiro atoms. The third-order valence-corrected chi connectivity index (χ3v) is 5.46. The highest BCUT2D eigenvalue weighted by Gasteiger charge is 2.19. The van der Waals surface area contributed by atoms with Crippen LogP contribution in [0.5, 0.6) is 0 Å². The van der Waals surface area contributed by atoms with Gasteiger partial charge in [0.25, 0.3) is 10.0 Å². The first kappa shape index (κ1) is 20.3. The lowest BCUT2D eigenvalue weighted by molar-refractivity contribution is -0.111. The number of rotatable bonds is 6. The third-order valence-electron chi connectivity index (χ3n) is 4.11. The van der Waals surface area contributed by atoms with Gasteiger partial charge in [0.15, 0.2) is 0 Å². The van der Waals surface area contributed by atoms with Crippen molar-refractivity contribution in [2.24, 2.45) is 0 Å². The molecule has 0 saturated carbocycles. The van der Waals surface area contributed by atoms with E-state index in [1.807, 2.05) is 0 Å². The Morgan fingerprint density at radius 3 is 2.31 bits per heavy atom. The van der Waals surface area contributed by atoms with Crippen LogP contribution in [0, 0.1) is 19.7 Å². The molecule has 1 aromatic heterocycles. The number of nitrogens with zero attached hydrogens (tertiary/aromatic N) is 1. The molecule has 29 heavy (non-hydrogen) atoms. The second-order valence-corrected chi connectivity index (χ2v) is 7.91. The average molecular weight is 415 g/mol. The second kappa shape index (κ2) is 8.27. The van der Waals surface area contributed by atoms with Gasteiger partial charge in [-0.3, -0.25) is 4.79 Å². The first-order chi connectivity index (χ1) is 13.7. The Morgan fingerprint density at radius 1 is 1.07 bits per heavy atom. The van der Waals surface area contributed by atoms with E-state index in [0.29, 0.717) is 22.5 Å². The van der Waals surface area contributed by atoms with E-state index < -0.39 is 15.9 Å². The van der Waals surface area contributed by atoms with E-state index in [1.54, 1.807) is 32.1 Å². The van der Waals surface area contributed by atoms with Crippen LogP contribution in [0.1, 0.15) is 16.8 Å². The predicted molar refractivity (Wildman–Crippen MR) is 107 cm³/mol. The molecule has 0 atom stereocenters. The summed E-state index contributed by atoms with van der Waals surface area (Å²) in [5.74, 6) is -0.702. The molecule has 0 saturated heterocycles. The highest BCUT2D eigenvalue weighted by Crippen LogP contribution is 2.22. The second-order valence-electron chi connectivity index (χ2n) is 6.23. The largest absolute Gasteiger partial charge is 0.337 e. The van der Waals surface area contributed by atoms with E-state index in [0.717, 1.165) is 0 Å². The number of amides is 1. The van der Waals surface area contributed by atoms with Gasteiger partial charge in [-0.05, 0) is 61.9 Å². The molecule has 2 N–H and O–H groups in total. The van der Waals surface area contributed by atoms with E-state index in [1.165, 1.54) is 42.5 Å². The highest BCUT2D eigenvalue weighted by molar-refractivity contribution is 7.92. The van der Waals surface area contributed by atoms with Crippen LogP contribution in [0.3, 0.4) is 0 Å². The van der Waals surface area contributed by atoms with Gasteiger partial charge in [0.1, 0.15) is 5.82 Å². The predicted octanol–water partition coefficient (Wildman–Crippen LogP) is 3.88. The van der Waals surface area contributed by atoms with Gasteiger partial charge in [-0.15, -0.1) is 0 Å². The summed E-state index contributed by atoms with van der Waals surface area (Å²) < 4.78 is 45.1. The maximum atomic E-state index is 12.9. The smallest absolute Gasteiger partial charge is 0.264 e. The molecule has 1 amide bonds. The van der Waals surface area contributed by atoms with Crippen molar-refractivity contribution in [1.29, 1.82) is 0 Å². The molecule has 7 nitrogen and oxygen atoms in total. The van der Waals surface area contributed by atoms with Crippen molar-refractivity contribution in [2.45, 2.75) is 18.7 Å². The van der Waals surface area contributed by atoms with Gasteiger partial charge < -0.3 is 9.84 Å². The first-order valence-corrected chi connectivity index (χ1v) is 10.0. The number of carbonyl (C=O) groups excluding carboxylic acids is 1. The average Bonchev–Trinajstić information content (AvgIpc) is 2.99. The molecule has 0 fully saturated rings. The van der Waals surface area contributed by atoms with Crippen molar-refractivity contribution in [3.05, 3.63) is 77.2 Å². The molecule has 0 bridgehead atoms. The number of hydrogen-bond acceptors (Lipinski definition) is 5. The molecule has 2 aromatic carbocycles. The molecule has 3 rings (SSSR count). The molecule has 0 unspecified atom stereocenters. The Morgan fingerprint density at radius 2 is 1.72 bits per heavy atom. The van der Waals surface area contributed by atoms with Crippen molar-refractivity contribution in [3.63, 3.8) is 0 Å². The van der Waals surface area contributed by atoms with Gasteiger partial charge >= 0.3 is 0 Å². The fourth-order valence-electron chi connectivity index (χ4n) is 2.34. The minimum absolute atomic E-state index is 0.00538. The van der Waals surface area contributed by atoms with Gasteiger partial charge in [-0.1, -0.05) is 17.3 Å². The molecule has 0 radical (unpaired) electrons. The van der Waals surface area contributed by atoms with Crippen LogP contribution in [0.4, 0.5) is 16.0 Å². The summed E-state index contributed by atoms with van der Waals surface area (Å²) in [5.41, 5.74) is 2.29. The Labute approximate surface area is 167 Å². The van der Waals surface area contributed by atoms with Crippen LogP contribution in [0.15, 0.2) is 64.0 Å². The monoisotopic (exact) mass is 415 g/mol. The maximum Gasteiger partial charge on any atom is 0.264 e. The standard InChI is InChI=1S/C20H18FN3O4S/c1-13-14(2)23-28-20(13)24-29(26,27)18-10-8-17(9-11-18)22-19(25)12-5-15-3-6-16(21)7-4-15/h3-12,24H,1-2H3,(H,22,25)/b12-5+. The Balaban J connectivity index is 1.65. The van der Waals surface area contributed by atoms with Crippen LogP contribution in [0.2, 0.25) is 0 Å². The number of carbonyl (C=O) groups is 1. The molecule has 0 aliphatic rings. The fourth-order valence-corrected chi connectivity index (χ4v) is 3.39. The zero-order valence-electron chi connectivity index (χ0n) is 15.6. The number of hydrogen-bond donors (Lipinski definition) is 2. The van der Waals surface area contributed by atoms with Crippen LogP contribution in [-0.4, -0.2) is 19.5 Å². The minimum Gasteiger partial charge on any atom is -0.337 e. The van der Waals surface area contributed by atoms with Crippen LogP contribution in [-0.2, 0) is 14.8 Å². The Kier molecular flexibility index (Phi) is 5.79. The van der Waals surface area contributed by atoms with Crippen molar-refractivity contribution < 1.29 is 22.1 Å². The first-order valence-electron chi connectivity index (χ1n) is 8.55. The van der Waals surface area contributed by atoms with E-state index in [-0.39, 0.29) is 16.6 Å². The fraction of sp³-hybridized carbons (Fsp3) is 0.100. The van der Waals surface area contributed by atoms with Crippen molar-refractivity contribution in [3.8, 4) is 0 Å². The van der Waals surface area contributed by atoms with Gasteiger partial charge in [0, 0.05) is 17.3 Å². The summed E-state index contributed by atoms with van der Waals surface area (Å²) in [6.07, 6.45) is 2.84. The number of sulfonamides is 1. The summed E-state index contributed by atoms with van der Waals surface area (Å²) >= 11 is 0. The minimum atomic E-state index is -3.86. The zero-order chi connectivity index (χ0) is 21.0. The van der Waals surface area contributed by atoms with E-state index in [2.05, 4.69) is 15.2 Å². The van der Waals surface area contributed by atoms with Gasteiger partial charge in [0.2, 0.25) is 11.8 Å². The van der Waals surface area contributed by atoms with Gasteiger partial charge in [-0.25, -0.2) is 17.5 Å². The molecule has 3 aromatic rings. The molecule has 0 aliphatic carbocycles. The quantitative estimate of drug-likeness (QED) is 0.595. The topological polar surface area (TPSA) is 101 Å². The summed E-state index contributed by atoms with van der Waals surface area (Å²) in [6, 6.07) is 11.3. The molecule has 1 heterocycles. The van der Waals surface area contributed by atoms with Crippen molar-refractivity contribution in [1.82, 2.24) is 5.16 Å². The zero-order valence-corrected chi connectivity index (χ0v) is 16.5. The highest BCUT2D eigenvalue weighted by atomic mass is 32.2. The molecule has 150 valence electrons. The summed E-state index contributed by atoms with van der Waals surface area (Å²) in [6.45, 7) is 3.40. The number of halogens is 1. The lowest BCUT2D eigenvalue weighted by Crippen LogP contribution is -2.13. The lowest BCUT2D eigenvalue weighted by Gasteiger charge is -2.07. The SMILES string of the molecule is Cc1noc(NS(=O)(=O)c2ccc(NC(=O)/C=C/c3ccc(F)cc3)cc2)c1C. The maximum absolute atomic E-state index is 12.9. The summed E-state index contributed by atoms with van der Waals surface area (Å²) in [4.78, 5) is 12.0. The third kappa shape index (κ3) is 5.08. The normalized spacial score (nSPS) is 11.6. The van der Waals surface area contributed by atoms with E-state index in [9.17, 15) is 17.6 Å². The Hall–Kier alpha value is -3.46. The molecule has 0 aliphatic heterocycles. The lowest BCUT2D eigenvalue weighted by atomic mass is 10.2. The van der Waals surface area contributed by atoms with E-state index in [4.69, 9.17) is 4.52 Å². The molecule has 9 heteroatoms. The number of nitrogens with one attached hydrogen (secondary N) is 2. The van der Waals surface area contributed by atoms with Crippen molar-refractivity contribution >= 4 is 33.6 Å². The molecular weight excluding hydrogens is 397 g/mol. The van der Waals surface area contributed by atoms with Crippen molar-refractivity contribution in [2.75, 3.05) is 10.0 Å². The van der Waals surface area contributed by atoms with Gasteiger partial charge in [-0.2, -0.15) is 0 Å². The number of aryl methyl sites for hydroxylation is 1. The summed E-state index contributed by atoms with van der Waals surface area (Å²) in [5, 5.41) is 6.33. The van der Waals surface area contributed by atoms with Crippen LogP contribution >= 0.6 is 0 Å².